The van der Waals surface area contributed by atoms with Gasteiger partial charge in [0.15, 0.2) is 0 Å². The molecule has 7 heteroatoms. The molecule has 0 atom stereocenters. The van der Waals surface area contributed by atoms with E-state index in [-0.39, 0.29) is 23.2 Å². The molecule has 1 N–H and O–H groups in total. The van der Waals surface area contributed by atoms with Crippen LogP contribution in [0.15, 0.2) is 59.2 Å². The Kier molecular flexibility index (Phi) is 4.27. The third kappa shape index (κ3) is 3.07. The van der Waals surface area contributed by atoms with Crippen molar-refractivity contribution in [3.63, 3.8) is 0 Å². The zero-order valence-corrected chi connectivity index (χ0v) is 14.9. The highest BCUT2D eigenvalue weighted by molar-refractivity contribution is 6.22. The van der Waals surface area contributed by atoms with Crippen LogP contribution < -0.4 is 5.32 Å². The molecule has 0 fully saturated rings. The Hall–Kier alpha value is -3.74. The second-order valence-corrected chi connectivity index (χ2v) is 6.45. The minimum Gasteiger partial charge on any atom is -0.467 e. The molecule has 3 aromatic rings. The Labute approximate surface area is 159 Å². The van der Waals surface area contributed by atoms with Crippen molar-refractivity contribution in [2.24, 2.45) is 0 Å². The van der Waals surface area contributed by atoms with Gasteiger partial charge in [0.1, 0.15) is 11.6 Å². The normalized spacial score (nSPS) is 13.0. The fourth-order valence-electron chi connectivity index (χ4n) is 3.10. The highest BCUT2D eigenvalue weighted by Gasteiger charge is 2.36. The van der Waals surface area contributed by atoms with E-state index in [0.29, 0.717) is 17.0 Å². The Balaban J connectivity index is 1.58. The molecule has 0 saturated carbocycles. The second-order valence-electron chi connectivity index (χ2n) is 6.45. The molecular formula is C21H15FN2O4. The Bertz CT molecular complexity index is 1110. The number of hydrogen-bond donors (Lipinski definition) is 1. The lowest BCUT2D eigenvalue weighted by Crippen LogP contribution is -2.28. The lowest BCUT2D eigenvalue weighted by Gasteiger charge is -2.11. The van der Waals surface area contributed by atoms with E-state index in [9.17, 15) is 18.8 Å². The molecule has 4 rings (SSSR count). The third-order valence-electron chi connectivity index (χ3n) is 4.56. The summed E-state index contributed by atoms with van der Waals surface area (Å²) in [5, 5.41) is 2.69. The summed E-state index contributed by atoms with van der Waals surface area (Å²) in [6.45, 7) is 1.70. The van der Waals surface area contributed by atoms with Gasteiger partial charge in [-0.05, 0) is 61.0 Å². The molecule has 1 aliphatic rings. The number of nitrogens with one attached hydrogen (secondary N) is 1. The van der Waals surface area contributed by atoms with Gasteiger partial charge in [0.05, 0.1) is 23.9 Å². The fraction of sp³-hybridized carbons (Fsp3) is 0.0952. The van der Waals surface area contributed by atoms with Gasteiger partial charge < -0.3 is 9.73 Å². The zero-order valence-electron chi connectivity index (χ0n) is 14.9. The maximum absolute atomic E-state index is 13.2. The van der Waals surface area contributed by atoms with E-state index in [1.807, 2.05) is 0 Å². The van der Waals surface area contributed by atoms with Crippen LogP contribution in [-0.2, 0) is 6.54 Å². The summed E-state index contributed by atoms with van der Waals surface area (Å²) < 4.78 is 18.4. The number of carbonyl (C=O) groups is 3. The molecule has 1 aliphatic heterocycles. The minimum absolute atomic E-state index is 0.0235. The first kappa shape index (κ1) is 17.7. The molecular weight excluding hydrogens is 363 g/mol. The molecule has 2 aromatic carbocycles. The number of aryl methyl sites for hydroxylation is 1. The number of rotatable bonds is 4. The van der Waals surface area contributed by atoms with Crippen molar-refractivity contribution in [1.82, 2.24) is 4.90 Å². The van der Waals surface area contributed by atoms with Gasteiger partial charge in [-0.15, -0.1) is 0 Å². The van der Waals surface area contributed by atoms with E-state index >= 15 is 0 Å². The standard InChI is InChI=1S/C21H15FN2O4/c1-12-9-14(22)5-7-18(12)23-19(25)13-4-6-16-17(10-13)21(27)24(20(16)26)11-15-3-2-8-28-15/h2-10H,11H2,1H3,(H,23,25). The molecule has 1 aromatic heterocycles. The molecule has 28 heavy (non-hydrogen) atoms. The minimum atomic E-state index is -0.482. The van der Waals surface area contributed by atoms with Crippen molar-refractivity contribution >= 4 is 23.4 Å². The van der Waals surface area contributed by atoms with Gasteiger partial charge in [0.25, 0.3) is 17.7 Å². The monoisotopic (exact) mass is 378 g/mol. The number of halogens is 1. The van der Waals surface area contributed by atoms with Crippen LogP contribution in [0.3, 0.4) is 0 Å². The topological polar surface area (TPSA) is 79.6 Å². The summed E-state index contributed by atoms with van der Waals surface area (Å²) >= 11 is 0. The highest BCUT2D eigenvalue weighted by Crippen LogP contribution is 2.26. The number of furan rings is 1. The first-order chi connectivity index (χ1) is 13.4. The average Bonchev–Trinajstić information content (AvgIpc) is 3.27. The van der Waals surface area contributed by atoms with Crippen LogP contribution in [-0.4, -0.2) is 22.6 Å². The molecule has 0 radical (unpaired) electrons. The van der Waals surface area contributed by atoms with Crippen molar-refractivity contribution in [2.45, 2.75) is 13.5 Å². The fourth-order valence-corrected chi connectivity index (χ4v) is 3.10. The second kappa shape index (κ2) is 6.77. The van der Waals surface area contributed by atoms with Crippen molar-refractivity contribution in [1.29, 1.82) is 0 Å². The van der Waals surface area contributed by atoms with Crippen molar-refractivity contribution < 1.29 is 23.2 Å². The van der Waals surface area contributed by atoms with Crippen molar-refractivity contribution in [3.05, 3.63) is 88.6 Å². The summed E-state index contributed by atoms with van der Waals surface area (Å²) in [4.78, 5) is 38.8. The maximum Gasteiger partial charge on any atom is 0.261 e. The van der Waals surface area contributed by atoms with Crippen LogP contribution in [0.2, 0.25) is 0 Å². The SMILES string of the molecule is Cc1cc(F)ccc1NC(=O)c1ccc2c(c1)C(=O)N(Cc1ccco1)C2=O. The predicted molar refractivity (Wildman–Crippen MR) is 98.4 cm³/mol. The highest BCUT2D eigenvalue weighted by atomic mass is 19.1. The number of nitrogens with zero attached hydrogens (tertiary/aromatic N) is 1. The predicted octanol–water partition coefficient (Wildman–Crippen LogP) is 3.78. The van der Waals surface area contributed by atoms with Crippen molar-refractivity contribution in [2.75, 3.05) is 5.32 Å². The van der Waals surface area contributed by atoms with Crippen LogP contribution in [0.25, 0.3) is 0 Å². The van der Waals surface area contributed by atoms with E-state index in [2.05, 4.69) is 5.32 Å². The number of fused-ring (bicyclic) bond motifs is 1. The summed E-state index contributed by atoms with van der Waals surface area (Å²) in [5.41, 5.74) is 1.67. The van der Waals surface area contributed by atoms with Gasteiger partial charge in [-0.1, -0.05) is 0 Å². The summed E-state index contributed by atoms with van der Waals surface area (Å²) in [7, 11) is 0. The van der Waals surface area contributed by atoms with Gasteiger partial charge in [0, 0.05) is 11.3 Å². The number of benzene rings is 2. The Morgan fingerprint density at radius 2 is 1.86 bits per heavy atom. The van der Waals surface area contributed by atoms with Crippen LogP contribution in [0, 0.1) is 12.7 Å². The van der Waals surface area contributed by atoms with Gasteiger partial charge in [0.2, 0.25) is 0 Å². The first-order valence-corrected chi connectivity index (χ1v) is 8.54. The van der Waals surface area contributed by atoms with Gasteiger partial charge in [-0.25, -0.2) is 4.39 Å². The molecule has 6 nitrogen and oxygen atoms in total. The Morgan fingerprint density at radius 3 is 2.57 bits per heavy atom. The van der Waals surface area contributed by atoms with Crippen LogP contribution in [0.1, 0.15) is 42.4 Å². The van der Waals surface area contributed by atoms with E-state index in [4.69, 9.17) is 4.42 Å². The molecule has 0 unspecified atom stereocenters. The van der Waals surface area contributed by atoms with Crippen LogP contribution >= 0.6 is 0 Å². The summed E-state index contributed by atoms with van der Waals surface area (Å²) in [5.74, 6) is -1.28. The zero-order chi connectivity index (χ0) is 19.8. The largest absolute Gasteiger partial charge is 0.467 e. The third-order valence-corrected chi connectivity index (χ3v) is 4.56. The number of imide groups is 1. The number of carbonyl (C=O) groups excluding carboxylic acids is 3. The lowest BCUT2D eigenvalue weighted by molar-refractivity contribution is 0.0631. The molecule has 140 valence electrons. The Morgan fingerprint density at radius 1 is 1.07 bits per heavy atom. The van der Waals surface area contributed by atoms with E-state index in [0.717, 1.165) is 4.90 Å². The molecule has 3 amide bonds. The summed E-state index contributed by atoms with van der Waals surface area (Å²) in [6.07, 6.45) is 1.47. The van der Waals surface area contributed by atoms with Gasteiger partial charge in [-0.3, -0.25) is 19.3 Å². The molecule has 0 spiro atoms. The van der Waals surface area contributed by atoms with E-state index in [1.54, 1.807) is 19.1 Å². The first-order valence-electron chi connectivity index (χ1n) is 8.54. The number of hydrogen-bond acceptors (Lipinski definition) is 4. The average molecular weight is 378 g/mol. The van der Waals surface area contributed by atoms with Crippen LogP contribution in [0.4, 0.5) is 10.1 Å². The van der Waals surface area contributed by atoms with Crippen molar-refractivity contribution in [3.8, 4) is 0 Å². The van der Waals surface area contributed by atoms with E-state index < -0.39 is 23.5 Å². The van der Waals surface area contributed by atoms with Crippen LogP contribution in [0.5, 0.6) is 0 Å². The molecule has 0 bridgehead atoms. The quantitative estimate of drug-likeness (QED) is 0.701. The van der Waals surface area contributed by atoms with Gasteiger partial charge in [-0.2, -0.15) is 0 Å². The van der Waals surface area contributed by atoms with Gasteiger partial charge >= 0.3 is 0 Å². The van der Waals surface area contributed by atoms with E-state index in [1.165, 1.54) is 42.7 Å². The number of anilines is 1. The molecule has 0 saturated heterocycles. The maximum atomic E-state index is 13.2. The summed E-state index contributed by atoms with van der Waals surface area (Å²) in [6, 6.07) is 11.7. The smallest absolute Gasteiger partial charge is 0.261 e. The molecule has 2 heterocycles. The lowest BCUT2D eigenvalue weighted by atomic mass is 10.0. The molecule has 0 aliphatic carbocycles. The number of amides is 3.